The number of anilines is 2. The van der Waals surface area contributed by atoms with E-state index in [9.17, 15) is 22.8 Å². The van der Waals surface area contributed by atoms with Crippen LogP contribution in [0.1, 0.15) is 16.1 Å². The topological polar surface area (TPSA) is 105 Å². The van der Waals surface area contributed by atoms with Crippen molar-refractivity contribution in [2.45, 2.75) is 6.18 Å². The van der Waals surface area contributed by atoms with Crippen LogP contribution in [0.3, 0.4) is 0 Å². The van der Waals surface area contributed by atoms with Gasteiger partial charge in [0.15, 0.2) is 0 Å². The van der Waals surface area contributed by atoms with Gasteiger partial charge in [0.05, 0.1) is 11.3 Å². The number of urea groups is 1. The second-order valence-electron chi connectivity index (χ2n) is 8.03. The van der Waals surface area contributed by atoms with Gasteiger partial charge in [0.25, 0.3) is 5.91 Å². The Bertz CT molecular complexity index is 1250. The van der Waals surface area contributed by atoms with Crippen molar-refractivity contribution in [1.29, 1.82) is 0 Å². The summed E-state index contributed by atoms with van der Waals surface area (Å²) in [6, 6.07) is 11.5. The van der Waals surface area contributed by atoms with E-state index in [1.807, 2.05) is 19.0 Å². The number of ether oxygens (including phenoxy) is 2. The lowest BCUT2D eigenvalue weighted by Gasteiger charge is -2.17. The van der Waals surface area contributed by atoms with Crippen molar-refractivity contribution in [3.05, 3.63) is 72.1 Å². The summed E-state index contributed by atoms with van der Waals surface area (Å²) in [6.07, 6.45) is -3.17. The second kappa shape index (κ2) is 12.1. The van der Waals surface area contributed by atoms with Crippen LogP contribution < -0.4 is 25.4 Å². The van der Waals surface area contributed by atoms with Gasteiger partial charge in [0, 0.05) is 37.6 Å². The molecule has 0 atom stereocenters. The van der Waals surface area contributed by atoms with Crippen molar-refractivity contribution in [3.63, 3.8) is 0 Å². The van der Waals surface area contributed by atoms with Gasteiger partial charge in [-0.1, -0.05) is 6.07 Å². The van der Waals surface area contributed by atoms with E-state index in [0.717, 1.165) is 12.1 Å². The Morgan fingerprint density at radius 1 is 1.00 bits per heavy atom. The third kappa shape index (κ3) is 8.10. The van der Waals surface area contributed by atoms with Gasteiger partial charge in [-0.25, -0.2) is 4.79 Å². The van der Waals surface area contributed by atoms with Gasteiger partial charge in [0.1, 0.15) is 29.5 Å². The molecule has 2 aromatic carbocycles. The van der Waals surface area contributed by atoms with Crippen molar-refractivity contribution in [1.82, 2.24) is 15.2 Å². The van der Waals surface area contributed by atoms with Gasteiger partial charge >= 0.3 is 12.2 Å². The molecule has 3 aromatic rings. The first-order chi connectivity index (χ1) is 17.5. The lowest BCUT2D eigenvalue weighted by molar-refractivity contribution is -0.137. The van der Waals surface area contributed by atoms with Crippen LogP contribution in [0.2, 0.25) is 0 Å². The lowest BCUT2D eigenvalue weighted by atomic mass is 10.2. The second-order valence-corrected chi connectivity index (χ2v) is 8.03. The Hall–Kier alpha value is -4.32. The highest BCUT2D eigenvalue weighted by Crippen LogP contribution is 2.35. The maximum Gasteiger partial charge on any atom is 0.416 e. The predicted octanol–water partition coefficient (Wildman–Crippen LogP) is 4.84. The molecule has 0 unspecified atom stereocenters. The number of nitrogens with one attached hydrogen (secondary N) is 3. The van der Waals surface area contributed by atoms with Gasteiger partial charge in [-0.2, -0.15) is 13.2 Å². The van der Waals surface area contributed by atoms with Crippen molar-refractivity contribution >= 4 is 23.3 Å². The van der Waals surface area contributed by atoms with E-state index in [1.165, 1.54) is 31.4 Å². The van der Waals surface area contributed by atoms with Crippen LogP contribution in [-0.2, 0) is 6.18 Å². The fraction of sp³-hybridized carbons (Fsp3) is 0.240. The Kier molecular flexibility index (Phi) is 8.90. The summed E-state index contributed by atoms with van der Waals surface area (Å²) in [6.45, 7) is 0.742. The number of hydrogen-bond donors (Lipinski definition) is 3. The lowest BCUT2D eigenvalue weighted by Crippen LogP contribution is -2.22. The molecule has 0 saturated heterocycles. The Balaban J connectivity index is 1.73. The van der Waals surface area contributed by atoms with E-state index in [2.05, 4.69) is 20.9 Å². The largest absolute Gasteiger partial charge is 0.490 e. The number of likely N-dealkylation sites (N-methyl/N-ethyl adjacent to an activating group) is 1. The summed E-state index contributed by atoms with van der Waals surface area (Å²) < 4.78 is 51.0. The highest BCUT2D eigenvalue weighted by molar-refractivity contribution is 6.00. The number of alkyl halides is 3. The Morgan fingerprint density at radius 2 is 1.76 bits per heavy atom. The van der Waals surface area contributed by atoms with Gasteiger partial charge < -0.3 is 30.3 Å². The summed E-state index contributed by atoms with van der Waals surface area (Å²) in [4.78, 5) is 30.2. The van der Waals surface area contributed by atoms with Crippen LogP contribution in [0.15, 0.2) is 60.8 Å². The predicted molar refractivity (Wildman–Crippen MR) is 132 cm³/mol. The number of hydrogen-bond acceptors (Lipinski definition) is 6. The first-order valence-electron chi connectivity index (χ1n) is 11.1. The number of carbonyl (C=O) groups is 2. The molecule has 0 aliphatic heterocycles. The molecule has 1 aromatic heterocycles. The number of nitrogens with zero attached hydrogens (tertiary/aromatic N) is 2. The van der Waals surface area contributed by atoms with E-state index in [4.69, 9.17) is 9.47 Å². The molecule has 1 heterocycles. The van der Waals surface area contributed by atoms with E-state index in [-0.39, 0.29) is 29.6 Å². The molecular formula is C25H26F3N5O4. The highest BCUT2D eigenvalue weighted by Gasteiger charge is 2.31. The average molecular weight is 518 g/mol. The van der Waals surface area contributed by atoms with Crippen molar-refractivity contribution < 1.29 is 32.2 Å². The molecule has 3 rings (SSSR count). The zero-order valence-electron chi connectivity index (χ0n) is 20.3. The van der Waals surface area contributed by atoms with E-state index >= 15 is 0 Å². The minimum Gasteiger partial charge on any atom is -0.490 e. The molecule has 12 heteroatoms. The summed E-state index contributed by atoms with van der Waals surface area (Å²) in [7, 11) is 5.14. The van der Waals surface area contributed by atoms with E-state index in [0.29, 0.717) is 23.7 Å². The molecule has 0 spiro atoms. The highest BCUT2D eigenvalue weighted by atomic mass is 19.4. The van der Waals surface area contributed by atoms with Crippen molar-refractivity contribution in [3.8, 4) is 17.2 Å². The molecular weight excluding hydrogens is 491 g/mol. The van der Waals surface area contributed by atoms with Crippen LogP contribution in [0.25, 0.3) is 0 Å². The minimum absolute atomic E-state index is 0.103. The molecule has 3 amide bonds. The zero-order chi connectivity index (χ0) is 27.0. The van der Waals surface area contributed by atoms with Crippen LogP contribution in [-0.4, -0.2) is 56.1 Å². The standard InChI is InChI=1S/C25H26F3N5O4/c1-29-23(34)21-15-19(9-10-30-21)37-18-6-4-5-17(14-18)31-24(35)32-20-13-16(25(26,27)28)7-8-22(20)36-12-11-33(2)3/h4-10,13-15H,11-12H2,1-3H3,(H,29,34)(H2,31,32,35). The molecule has 0 fully saturated rings. The number of aromatic nitrogens is 1. The normalized spacial score (nSPS) is 11.1. The van der Waals surface area contributed by atoms with Gasteiger partial charge in [0.2, 0.25) is 0 Å². The molecule has 0 saturated carbocycles. The summed E-state index contributed by atoms with van der Waals surface area (Å²) >= 11 is 0. The average Bonchev–Trinajstić information content (AvgIpc) is 2.84. The number of carbonyl (C=O) groups excluding carboxylic acids is 2. The molecule has 0 aliphatic carbocycles. The third-order valence-corrected chi connectivity index (χ3v) is 4.87. The number of benzene rings is 2. The van der Waals surface area contributed by atoms with Crippen LogP contribution in [0, 0.1) is 0 Å². The van der Waals surface area contributed by atoms with Gasteiger partial charge in [-0.05, 0) is 50.5 Å². The molecule has 0 aliphatic rings. The maximum atomic E-state index is 13.2. The molecule has 0 bridgehead atoms. The molecule has 37 heavy (non-hydrogen) atoms. The summed E-state index contributed by atoms with van der Waals surface area (Å²) in [5.74, 6) is 0.418. The van der Waals surface area contributed by atoms with Crippen LogP contribution in [0.5, 0.6) is 17.2 Å². The summed E-state index contributed by atoms with van der Waals surface area (Å²) in [5.41, 5.74) is -0.570. The molecule has 9 nitrogen and oxygen atoms in total. The quantitative estimate of drug-likeness (QED) is 0.375. The summed E-state index contributed by atoms with van der Waals surface area (Å²) in [5, 5.41) is 7.46. The van der Waals surface area contributed by atoms with Crippen LogP contribution in [0.4, 0.5) is 29.3 Å². The van der Waals surface area contributed by atoms with E-state index < -0.39 is 17.8 Å². The monoisotopic (exact) mass is 517 g/mol. The maximum absolute atomic E-state index is 13.2. The zero-order valence-corrected chi connectivity index (χ0v) is 20.3. The molecule has 196 valence electrons. The van der Waals surface area contributed by atoms with Gasteiger partial charge in [-0.3, -0.25) is 9.78 Å². The van der Waals surface area contributed by atoms with Gasteiger partial charge in [-0.15, -0.1) is 0 Å². The molecule has 0 radical (unpaired) electrons. The van der Waals surface area contributed by atoms with E-state index in [1.54, 1.807) is 24.3 Å². The third-order valence-electron chi connectivity index (χ3n) is 4.87. The minimum atomic E-state index is -4.59. The Labute approximate surface area is 211 Å². The Morgan fingerprint density at radius 3 is 2.46 bits per heavy atom. The fourth-order valence-corrected chi connectivity index (χ4v) is 3.05. The smallest absolute Gasteiger partial charge is 0.416 e. The number of rotatable bonds is 9. The number of amides is 3. The van der Waals surface area contributed by atoms with Crippen molar-refractivity contribution in [2.24, 2.45) is 0 Å². The molecule has 3 N–H and O–H groups in total. The van der Waals surface area contributed by atoms with Crippen LogP contribution >= 0.6 is 0 Å². The SMILES string of the molecule is CNC(=O)c1cc(Oc2cccc(NC(=O)Nc3cc(C(F)(F)F)ccc3OCCN(C)C)c2)ccn1. The fourth-order valence-electron chi connectivity index (χ4n) is 3.05. The number of halogens is 3. The first kappa shape index (κ1) is 27.3. The van der Waals surface area contributed by atoms with Crippen molar-refractivity contribution in [2.75, 3.05) is 44.9 Å². The number of pyridine rings is 1. The first-order valence-corrected chi connectivity index (χ1v) is 11.1.